The van der Waals surface area contributed by atoms with E-state index in [0.29, 0.717) is 6.61 Å². The molecular weight excluding hydrogens is 340 g/mol. The van der Waals surface area contributed by atoms with E-state index in [2.05, 4.69) is 49.0 Å². The highest BCUT2D eigenvalue weighted by Crippen LogP contribution is 2.16. The van der Waals surface area contributed by atoms with E-state index in [-0.39, 0.29) is 0 Å². The summed E-state index contributed by atoms with van der Waals surface area (Å²) in [4.78, 5) is 17.3. The van der Waals surface area contributed by atoms with Crippen molar-refractivity contribution in [2.75, 3.05) is 37.7 Å². The fourth-order valence-electron chi connectivity index (χ4n) is 3.23. The van der Waals surface area contributed by atoms with Crippen LogP contribution in [0.15, 0.2) is 61.6 Å². The van der Waals surface area contributed by atoms with Gasteiger partial charge in [0.25, 0.3) is 0 Å². The van der Waals surface area contributed by atoms with Gasteiger partial charge >= 0.3 is 0 Å². The maximum atomic E-state index is 5.81. The number of nitrogens with zero attached hydrogens (tertiary/aromatic N) is 6. The number of piperazine rings is 1. The molecular formula is C20H24N6O. The molecule has 0 saturated carbocycles. The Hall–Kier alpha value is -2.93. The van der Waals surface area contributed by atoms with E-state index in [4.69, 9.17) is 4.74 Å². The normalized spacial score (nSPS) is 15.0. The lowest BCUT2D eigenvalue weighted by molar-refractivity contribution is 0.249. The predicted molar refractivity (Wildman–Crippen MR) is 104 cm³/mol. The minimum absolute atomic E-state index is 0.639. The third kappa shape index (κ3) is 4.83. The molecule has 3 heterocycles. The van der Waals surface area contributed by atoms with Crippen LogP contribution in [-0.2, 0) is 13.1 Å². The number of ether oxygens (including phenoxy) is 1. The Balaban J connectivity index is 1.22. The summed E-state index contributed by atoms with van der Waals surface area (Å²) >= 11 is 0. The number of hydrogen-bond acceptors (Lipinski definition) is 6. The highest BCUT2D eigenvalue weighted by Gasteiger charge is 2.18. The first-order valence-electron chi connectivity index (χ1n) is 9.28. The van der Waals surface area contributed by atoms with Gasteiger partial charge in [-0.2, -0.15) is 0 Å². The molecule has 4 rings (SSSR count). The summed E-state index contributed by atoms with van der Waals surface area (Å²) in [6.45, 7) is 6.42. The van der Waals surface area contributed by atoms with Crippen molar-refractivity contribution in [3.8, 4) is 5.75 Å². The zero-order valence-electron chi connectivity index (χ0n) is 15.3. The molecule has 0 unspecified atom stereocenters. The Kier molecular flexibility index (Phi) is 5.59. The van der Waals surface area contributed by atoms with Crippen molar-refractivity contribution in [2.45, 2.75) is 13.1 Å². The molecule has 0 radical (unpaired) electrons. The second kappa shape index (κ2) is 8.64. The molecule has 27 heavy (non-hydrogen) atoms. The Morgan fingerprint density at radius 2 is 1.78 bits per heavy atom. The minimum Gasteiger partial charge on any atom is -0.492 e. The monoisotopic (exact) mass is 364 g/mol. The highest BCUT2D eigenvalue weighted by atomic mass is 16.5. The molecule has 0 atom stereocenters. The summed E-state index contributed by atoms with van der Waals surface area (Å²) in [6.07, 6.45) is 10.8. The van der Waals surface area contributed by atoms with Gasteiger partial charge in [0.2, 0.25) is 0 Å². The Bertz CT molecular complexity index is 798. The first-order chi connectivity index (χ1) is 13.4. The Morgan fingerprint density at radius 3 is 2.48 bits per heavy atom. The van der Waals surface area contributed by atoms with Crippen LogP contribution in [0.5, 0.6) is 5.75 Å². The maximum Gasteiger partial charge on any atom is 0.147 e. The summed E-state index contributed by atoms with van der Waals surface area (Å²) in [5.74, 6) is 1.88. The van der Waals surface area contributed by atoms with E-state index in [0.717, 1.165) is 50.8 Å². The van der Waals surface area contributed by atoms with Crippen LogP contribution < -0.4 is 9.64 Å². The summed E-state index contributed by atoms with van der Waals surface area (Å²) in [6, 6.07) is 8.42. The van der Waals surface area contributed by atoms with Gasteiger partial charge in [-0.25, -0.2) is 9.97 Å². The molecule has 0 aliphatic carbocycles. The van der Waals surface area contributed by atoms with E-state index in [9.17, 15) is 0 Å². The molecule has 0 spiro atoms. The van der Waals surface area contributed by atoms with Gasteiger partial charge in [0.05, 0.1) is 19.1 Å². The van der Waals surface area contributed by atoms with Gasteiger partial charge in [-0.3, -0.25) is 9.88 Å². The molecule has 7 heteroatoms. The van der Waals surface area contributed by atoms with Crippen molar-refractivity contribution in [1.29, 1.82) is 0 Å². The van der Waals surface area contributed by atoms with Crippen LogP contribution in [0, 0.1) is 0 Å². The topological polar surface area (TPSA) is 59.3 Å². The van der Waals surface area contributed by atoms with Crippen LogP contribution in [0.1, 0.15) is 5.56 Å². The van der Waals surface area contributed by atoms with Gasteiger partial charge < -0.3 is 14.2 Å². The van der Waals surface area contributed by atoms with Crippen LogP contribution in [0.4, 0.5) is 5.82 Å². The molecule has 0 amide bonds. The quantitative estimate of drug-likeness (QED) is 0.640. The predicted octanol–water partition coefficient (Wildman–Crippen LogP) is 2.07. The molecule has 1 aliphatic rings. The van der Waals surface area contributed by atoms with E-state index >= 15 is 0 Å². The maximum absolute atomic E-state index is 5.81. The standard InChI is InChI=1S/C20H24N6O/c1-3-19(27-14-13-25-8-7-22-17-25)4-2-18(1)16-24-9-11-26(12-10-24)20-15-21-5-6-23-20/h1-8,15,17H,9-14,16H2. The average molecular weight is 364 g/mol. The fraction of sp³-hybridized carbons (Fsp3) is 0.350. The Morgan fingerprint density at radius 1 is 0.926 bits per heavy atom. The number of imidazole rings is 1. The van der Waals surface area contributed by atoms with Crippen molar-refractivity contribution in [2.24, 2.45) is 0 Å². The third-order valence-corrected chi connectivity index (χ3v) is 4.75. The van der Waals surface area contributed by atoms with Gasteiger partial charge in [0.15, 0.2) is 0 Å². The van der Waals surface area contributed by atoms with Crippen LogP contribution in [0.3, 0.4) is 0 Å². The smallest absolute Gasteiger partial charge is 0.147 e. The second-order valence-corrected chi connectivity index (χ2v) is 6.62. The van der Waals surface area contributed by atoms with Crippen molar-refractivity contribution >= 4 is 5.82 Å². The highest BCUT2D eigenvalue weighted by molar-refractivity contribution is 5.35. The molecule has 140 valence electrons. The zero-order chi connectivity index (χ0) is 18.3. The van der Waals surface area contributed by atoms with Crippen LogP contribution in [0.25, 0.3) is 0 Å². The molecule has 0 bridgehead atoms. The van der Waals surface area contributed by atoms with Gasteiger partial charge in [-0.05, 0) is 17.7 Å². The summed E-state index contributed by atoms with van der Waals surface area (Å²) in [5, 5.41) is 0. The zero-order valence-corrected chi connectivity index (χ0v) is 15.3. The largest absolute Gasteiger partial charge is 0.492 e. The number of benzene rings is 1. The first kappa shape index (κ1) is 17.5. The molecule has 7 nitrogen and oxygen atoms in total. The van der Waals surface area contributed by atoms with Gasteiger partial charge in [-0.1, -0.05) is 12.1 Å². The van der Waals surface area contributed by atoms with Crippen molar-refractivity contribution in [3.63, 3.8) is 0 Å². The average Bonchev–Trinajstić information content (AvgIpc) is 3.24. The first-order valence-corrected chi connectivity index (χ1v) is 9.28. The lowest BCUT2D eigenvalue weighted by Crippen LogP contribution is -2.46. The van der Waals surface area contributed by atoms with Crippen LogP contribution in [-0.4, -0.2) is 57.2 Å². The number of anilines is 1. The molecule has 3 aromatic rings. The third-order valence-electron chi connectivity index (χ3n) is 4.75. The van der Waals surface area contributed by atoms with Crippen LogP contribution in [0.2, 0.25) is 0 Å². The summed E-state index contributed by atoms with van der Waals surface area (Å²) in [7, 11) is 0. The lowest BCUT2D eigenvalue weighted by Gasteiger charge is -2.35. The Labute approximate surface area is 159 Å². The molecule has 1 aliphatic heterocycles. The number of rotatable bonds is 7. The summed E-state index contributed by atoms with van der Waals surface area (Å²) in [5.41, 5.74) is 1.31. The lowest BCUT2D eigenvalue weighted by atomic mass is 10.2. The number of hydrogen-bond donors (Lipinski definition) is 0. The molecule has 2 aromatic heterocycles. The van der Waals surface area contributed by atoms with Crippen molar-refractivity contribution in [3.05, 3.63) is 67.1 Å². The minimum atomic E-state index is 0.639. The molecule has 0 N–H and O–H groups in total. The van der Waals surface area contributed by atoms with E-state index in [1.54, 1.807) is 24.9 Å². The molecule has 1 aromatic carbocycles. The van der Waals surface area contributed by atoms with E-state index in [1.807, 2.05) is 17.0 Å². The number of aromatic nitrogens is 4. The van der Waals surface area contributed by atoms with Gasteiger partial charge in [-0.15, -0.1) is 0 Å². The van der Waals surface area contributed by atoms with E-state index < -0.39 is 0 Å². The molecule has 1 saturated heterocycles. The molecule has 1 fully saturated rings. The van der Waals surface area contributed by atoms with Gasteiger partial charge in [0, 0.05) is 57.5 Å². The van der Waals surface area contributed by atoms with Crippen LogP contribution >= 0.6 is 0 Å². The van der Waals surface area contributed by atoms with Crippen molar-refractivity contribution in [1.82, 2.24) is 24.4 Å². The van der Waals surface area contributed by atoms with E-state index in [1.165, 1.54) is 5.56 Å². The van der Waals surface area contributed by atoms with Crippen molar-refractivity contribution < 1.29 is 4.74 Å². The fourth-order valence-corrected chi connectivity index (χ4v) is 3.23. The van der Waals surface area contributed by atoms with Gasteiger partial charge in [0.1, 0.15) is 18.2 Å². The second-order valence-electron chi connectivity index (χ2n) is 6.62. The SMILES string of the molecule is c1cnc(N2CCN(Cc3ccc(OCCn4ccnc4)cc3)CC2)cn1. The summed E-state index contributed by atoms with van der Waals surface area (Å²) < 4.78 is 7.81.